The van der Waals surface area contributed by atoms with Crippen LogP contribution in [0.25, 0.3) is 0 Å². The number of carbonyl (C=O) groups is 1. The molecule has 1 fully saturated rings. The number of fused-ring (bicyclic) bond motifs is 2. The van der Waals surface area contributed by atoms with Crippen molar-refractivity contribution in [1.29, 1.82) is 0 Å². The Morgan fingerprint density at radius 2 is 2.42 bits per heavy atom. The standard InChI is InChI=1S/C8H11NO3/c1-5(10)9-7-3-2-6-4-11-8(7)12-6/h2-3,6-8H,4H2,1H3,(H,9,10)/t6-,7+,8-/m0/s1. The molecule has 2 heterocycles. The molecule has 66 valence electrons. The van der Waals surface area contributed by atoms with Crippen molar-refractivity contribution >= 4 is 5.91 Å². The minimum Gasteiger partial charge on any atom is -0.347 e. The van der Waals surface area contributed by atoms with E-state index < -0.39 is 0 Å². The van der Waals surface area contributed by atoms with Crippen LogP contribution in [0, 0.1) is 0 Å². The Kier molecular flexibility index (Phi) is 1.86. The predicted octanol–water partition coefficient (Wildman–Crippen LogP) is -0.198. The van der Waals surface area contributed by atoms with Gasteiger partial charge in [-0.1, -0.05) is 12.2 Å². The Bertz CT molecular complexity index is 226. The van der Waals surface area contributed by atoms with Gasteiger partial charge in [-0.25, -0.2) is 0 Å². The fraction of sp³-hybridized carbons (Fsp3) is 0.625. The van der Waals surface area contributed by atoms with Crippen LogP contribution >= 0.6 is 0 Å². The maximum Gasteiger partial charge on any atom is 0.217 e. The van der Waals surface area contributed by atoms with Crippen LogP contribution in [0.4, 0.5) is 0 Å². The highest BCUT2D eigenvalue weighted by molar-refractivity contribution is 5.73. The molecule has 1 saturated heterocycles. The maximum absolute atomic E-state index is 10.7. The molecule has 0 aromatic heterocycles. The van der Waals surface area contributed by atoms with Crippen LogP contribution in [-0.2, 0) is 14.3 Å². The first-order chi connectivity index (χ1) is 5.75. The molecule has 0 aromatic carbocycles. The van der Waals surface area contributed by atoms with E-state index in [1.54, 1.807) is 0 Å². The van der Waals surface area contributed by atoms with Gasteiger partial charge >= 0.3 is 0 Å². The van der Waals surface area contributed by atoms with Crippen LogP contribution in [-0.4, -0.2) is 30.9 Å². The molecule has 2 aliphatic rings. The summed E-state index contributed by atoms with van der Waals surface area (Å²) >= 11 is 0. The Labute approximate surface area is 70.5 Å². The zero-order chi connectivity index (χ0) is 8.55. The molecule has 0 saturated carbocycles. The molecule has 0 radical (unpaired) electrons. The molecule has 4 heteroatoms. The second-order valence-electron chi connectivity index (χ2n) is 2.99. The maximum atomic E-state index is 10.7. The summed E-state index contributed by atoms with van der Waals surface area (Å²) in [4.78, 5) is 10.7. The quantitative estimate of drug-likeness (QED) is 0.553. The molecule has 0 spiro atoms. The number of rotatable bonds is 1. The van der Waals surface area contributed by atoms with Crippen LogP contribution in [0.15, 0.2) is 12.2 Å². The van der Waals surface area contributed by atoms with E-state index in [0.717, 1.165) is 0 Å². The van der Waals surface area contributed by atoms with Crippen molar-refractivity contribution in [2.75, 3.05) is 6.61 Å². The van der Waals surface area contributed by atoms with E-state index in [1.807, 2.05) is 12.2 Å². The smallest absolute Gasteiger partial charge is 0.217 e. The molecular weight excluding hydrogens is 158 g/mol. The van der Waals surface area contributed by atoms with Crippen molar-refractivity contribution in [2.45, 2.75) is 25.4 Å². The van der Waals surface area contributed by atoms with E-state index in [2.05, 4.69) is 5.32 Å². The zero-order valence-electron chi connectivity index (χ0n) is 6.82. The van der Waals surface area contributed by atoms with Crippen LogP contribution < -0.4 is 5.32 Å². The fourth-order valence-electron chi connectivity index (χ4n) is 1.41. The molecule has 1 amide bonds. The molecule has 2 aliphatic heterocycles. The molecule has 1 N–H and O–H groups in total. The zero-order valence-corrected chi connectivity index (χ0v) is 6.82. The third-order valence-corrected chi connectivity index (χ3v) is 1.93. The van der Waals surface area contributed by atoms with Gasteiger partial charge in [0, 0.05) is 6.92 Å². The summed E-state index contributed by atoms with van der Waals surface area (Å²) in [6.45, 7) is 2.08. The molecule has 0 aliphatic carbocycles. The van der Waals surface area contributed by atoms with Crippen molar-refractivity contribution < 1.29 is 14.3 Å². The van der Waals surface area contributed by atoms with E-state index in [0.29, 0.717) is 6.61 Å². The molecule has 4 nitrogen and oxygen atoms in total. The SMILES string of the molecule is CC(=O)N[C@@H]1C=C[C@H]2CO[C@H]1O2. The number of ether oxygens (including phenoxy) is 2. The number of hydrogen-bond donors (Lipinski definition) is 1. The van der Waals surface area contributed by atoms with Gasteiger partial charge in [0.2, 0.25) is 5.91 Å². The highest BCUT2D eigenvalue weighted by Crippen LogP contribution is 2.21. The van der Waals surface area contributed by atoms with Gasteiger partial charge in [-0.3, -0.25) is 4.79 Å². The van der Waals surface area contributed by atoms with Crippen molar-refractivity contribution in [2.24, 2.45) is 0 Å². The molecule has 0 unspecified atom stereocenters. The predicted molar refractivity (Wildman–Crippen MR) is 41.4 cm³/mol. The van der Waals surface area contributed by atoms with Crippen molar-refractivity contribution in [1.82, 2.24) is 5.32 Å². The number of carbonyl (C=O) groups excluding carboxylic acids is 1. The van der Waals surface area contributed by atoms with Crippen molar-refractivity contribution in [3.63, 3.8) is 0 Å². The molecule has 0 aromatic rings. The minimum atomic E-state index is -0.288. The number of amides is 1. The van der Waals surface area contributed by atoms with E-state index in [1.165, 1.54) is 6.92 Å². The summed E-state index contributed by atoms with van der Waals surface area (Å²) in [6, 6.07) is -0.124. The van der Waals surface area contributed by atoms with Crippen LogP contribution in [0.1, 0.15) is 6.92 Å². The van der Waals surface area contributed by atoms with Gasteiger partial charge in [0.05, 0.1) is 12.6 Å². The lowest BCUT2D eigenvalue weighted by atomic mass is 10.2. The van der Waals surface area contributed by atoms with Gasteiger partial charge in [-0.2, -0.15) is 0 Å². The van der Waals surface area contributed by atoms with Crippen molar-refractivity contribution in [3.05, 3.63) is 12.2 Å². The molecule has 2 rings (SSSR count). The van der Waals surface area contributed by atoms with Gasteiger partial charge < -0.3 is 14.8 Å². The molecule has 3 atom stereocenters. The van der Waals surface area contributed by atoms with E-state index in [4.69, 9.17) is 9.47 Å². The first kappa shape index (κ1) is 7.76. The van der Waals surface area contributed by atoms with E-state index in [9.17, 15) is 4.79 Å². The van der Waals surface area contributed by atoms with Gasteiger partial charge in [0.25, 0.3) is 0 Å². The van der Waals surface area contributed by atoms with E-state index in [-0.39, 0.29) is 24.3 Å². The third-order valence-electron chi connectivity index (χ3n) is 1.93. The summed E-state index contributed by atoms with van der Waals surface area (Å²) in [7, 11) is 0. The Morgan fingerprint density at radius 1 is 1.58 bits per heavy atom. The van der Waals surface area contributed by atoms with Gasteiger partial charge in [-0.05, 0) is 0 Å². The highest BCUT2D eigenvalue weighted by atomic mass is 16.7. The molecular formula is C8H11NO3. The summed E-state index contributed by atoms with van der Waals surface area (Å²) in [5.41, 5.74) is 0. The summed E-state index contributed by atoms with van der Waals surface area (Å²) < 4.78 is 10.7. The minimum absolute atomic E-state index is 0.0674. The van der Waals surface area contributed by atoms with Gasteiger partial charge in [-0.15, -0.1) is 0 Å². The Morgan fingerprint density at radius 3 is 3.17 bits per heavy atom. The Hall–Kier alpha value is -0.870. The largest absolute Gasteiger partial charge is 0.347 e. The summed E-state index contributed by atoms with van der Waals surface area (Å²) in [5.74, 6) is -0.0674. The number of hydrogen-bond acceptors (Lipinski definition) is 3. The van der Waals surface area contributed by atoms with Crippen molar-refractivity contribution in [3.8, 4) is 0 Å². The lowest BCUT2D eigenvalue weighted by molar-refractivity contribution is -0.124. The average molecular weight is 169 g/mol. The first-order valence-corrected chi connectivity index (χ1v) is 3.98. The van der Waals surface area contributed by atoms with Crippen LogP contribution in [0.5, 0.6) is 0 Å². The van der Waals surface area contributed by atoms with Gasteiger partial charge in [0.15, 0.2) is 6.29 Å². The first-order valence-electron chi connectivity index (χ1n) is 3.98. The monoisotopic (exact) mass is 169 g/mol. The lowest BCUT2D eigenvalue weighted by Crippen LogP contribution is -2.43. The van der Waals surface area contributed by atoms with Gasteiger partial charge in [0.1, 0.15) is 6.10 Å². The Balaban J connectivity index is 2.02. The highest BCUT2D eigenvalue weighted by Gasteiger charge is 2.34. The second kappa shape index (κ2) is 2.88. The number of nitrogens with one attached hydrogen (secondary N) is 1. The van der Waals surface area contributed by atoms with Crippen LogP contribution in [0.3, 0.4) is 0 Å². The van der Waals surface area contributed by atoms with E-state index >= 15 is 0 Å². The second-order valence-corrected chi connectivity index (χ2v) is 2.99. The normalized spacial score (nSPS) is 38.2. The average Bonchev–Trinajstić information content (AvgIpc) is 2.39. The summed E-state index contributed by atoms with van der Waals surface area (Å²) in [6.07, 6.45) is 3.64. The lowest BCUT2D eigenvalue weighted by Gasteiger charge is -2.22. The molecule has 12 heavy (non-hydrogen) atoms. The fourth-order valence-corrected chi connectivity index (χ4v) is 1.41. The van der Waals surface area contributed by atoms with Crippen LogP contribution in [0.2, 0.25) is 0 Å². The molecule has 2 bridgehead atoms. The summed E-state index contributed by atoms with van der Waals surface area (Å²) in [5, 5.41) is 2.73. The topological polar surface area (TPSA) is 47.6 Å². The third kappa shape index (κ3) is 1.35.